The van der Waals surface area contributed by atoms with Crippen LogP contribution in [0.3, 0.4) is 0 Å². The molecule has 0 N–H and O–H groups in total. The van der Waals surface area contributed by atoms with Crippen LogP contribution in [0, 0.1) is 0 Å². The summed E-state index contributed by atoms with van der Waals surface area (Å²) in [5.41, 5.74) is 0. The third kappa shape index (κ3) is 0.425. The van der Waals surface area contributed by atoms with E-state index < -0.39 is 0 Å². The summed E-state index contributed by atoms with van der Waals surface area (Å²) in [6.45, 7) is 1.35. The summed E-state index contributed by atoms with van der Waals surface area (Å²) in [5.74, 6) is 1.03. The first-order valence-electron chi connectivity index (χ1n) is 2.54. The van der Waals surface area contributed by atoms with E-state index in [4.69, 9.17) is 4.74 Å². The first kappa shape index (κ1) is 4.23. The summed E-state index contributed by atoms with van der Waals surface area (Å²) in [7, 11) is 0. The highest BCUT2D eigenvalue weighted by atomic mass is 16.5. The number of amidine groups is 1. The Balaban J connectivity index is 2.29. The van der Waals surface area contributed by atoms with Crippen molar-refractivity contribution in [3.63, 3.8) is 0 Å². The van der Waals surface area contributed by atoms with Crippen molar-refractivity contribution in [2.45, 2.75) is 0 Å². The average molecular weight is 110 g/mol. The Hall–Kier alpha value is -0.670. The van der Waals surface area contributed by atoms with Gasteiger partial charge in [0.05, 0.1) is 6.20 Å². The zero-order valence-electron chi connectivity index (χ0n) is 4.37. The molecule has 0 spiro atoms. The lowest BCUT2D eigenvalue weighted by atomic mass is 10.6. The number of ether oxygens (including phenoxy) is 1. The molecular weight excluding hydrogens is 104 g/mol. The van der Waals surface area contributed by atoms with Gasteiger partial charge in [0.2, 0.25) is 6.73 Å². The summed E-state index contributed by atoms with van der Waals surface area (Å²) in [5, 5.41) is 0. The first-order valence-corrected chi connectivity index (χ1v) is 2.54. The summed E-state index contributed by atoms with van der Waals surface area (Å²) < 4.78 is 5.06. The minimum atomic E-state index is 0.674. The van der Waals surface area contributed by atoms with Crippen LogP contribution in [-0.4, -0.2) is 19.2 Å². The Morgan fingerprint density at radius 2 is 2.75 bits per heavy atom. The minimum absolute atomic E-state index is 0.674. The Bertz CT molecular complexity index is 162. The molecule has 0 aromatic carbocycles. The molecule has 0 aromatic heterocycles. The first-order chi connectivity index (χ1) is 3.97. The van der Waals surface area contributed by atoms with Crippen molar-refractivity contribution in [2.24, 2.45) is 4.99 Å². The van der Waals surface area contributed by atoms with Crippen molar-refractivity contribution in [1.29, 1.82) is 0 Å². The molecule has 41 valence electrons. The Morgan fingerprint density at radius 3 is 3.62 bits per heavy atom. The van der Waals surface area contributed by atoms with E-state index in [-0.39, 0.29) is 0 Å². The molecule has 1 fully saturated rings. The van der Waals surface area contributed by atoms with E-state index in [9.17, 15) is 0 Å². The van der Waals surface area contributed by atoms with E-state index in [1.54, 1.807) is 6.20 Å². The third-order valence-electron chi connectivity index (χ3n) is 1.26. The number of aliphatic imine (C=N–C) groups is 1. The van der Waals surface area contributed by atoms with Crippen LogP contribution in [0.5, 0.6) is 0 Å². The molecule has 0 amide bonds. The molecule has 0 unspecified atom stereocenters. The van der Waals surface area contributed by atoms with Crippen LogP contribution >= 0.6 is 0 Å². The lowest BCUT2D eigenvalue weighted by Crippen LogP contribution is -2.22. The van der Waals surface area contributed by atoms with Crippen LogP contribution in [0.15, 0.2) is 17.4 Å². The van der Waals surface area contributed by atoms with Gasteiger partial charge in [0.15, 0.2) is 12.8 Å². The lowest BCUT2D eigenvalue weighted by molar-refractivity contribution is 0.184. The summed E-state index contributed by atoms with van der Waals surface area (Å²) in [4.78, 5) is 6.02. The molecule has 0 aromatic rings. The number of hydrogen-bond acceptors (Lipinski definition) is 3. The van der Waals surface area contributed by atoms with Crippen molar-refractivity contribution in [1.82, 2.24) is 4.90 Å². The van der Waals surface area contributed by atoms with E-state index in [2.05, 4.69) is 4.99 Å². The molecule has 0 saturated carbocycles. The molecule has 0 atom stereocenters. The highest BCUT2D eigenvalue weighted by molar-refractivity contribution is 5.90. The van der Waals surface area contributed by atoms with E-state index >= 15 is 0 Å². The normalized spacial score (nSPS) is 26.2. The molecule has 3 heteroatoms. The Morgan fingerprint density at radius 1 is 1.75 bits per heavy atom. The van der Waals surface area contributed by atoms with E-state index in [0.29, 0.717) is 13.3 Å². The molecule has 2 heterocycles. The molecule has 8 heavy (non-hydrogen) atoms. The zero-order chi connectivity index (χ0) is 5.40. The molecule has 1 radical (unpaired) electrons. The van der Waals surface area contributed by atoms with Crippen LogP contribution in [0.2, 0.25) is 0 Å². The van der Waals surface area contributed by atoms with Gasteiger partial charge in [-0.05, 0) is 0 Å². The molecule has 3 nitrogen and oxygen atoms in total. The highest BCUT2D eigenvalue weighted by Crippen LogP contribution is 2.05. The Kier molecular flexibility index (Phi) is 0.741. The van der Waals surface area contributed by atoms with E-state index in [0.717, 1.165) is 5.84 Å². The molecule has 0 aliphatic carbocycles. The van der Waals surface area contributed by atoms with Crippen LogP contribution in [0.1, 0.15) is 0 Å². The zero-order valence-corrected chi connectivity index (χ0v) is 4.37. The summed E-state index contributed by atoms with van der Waals surface area (Å²) >= 11 is 0. The van der Waals surface area contributed by atoms with Gasteiger partial charge in [0, 0.05) is 0 Å². The lowest BCUT2D eigenvalue weighted by Gasteiger charge is -1.84. The smallest absolute Gasteiger partial charge is 0.285 e. The van der Waals surface area contributed by atoms with Gasteiger partial charge in [-0.3, -0.25) is 0 Å². The number of rotatable bonds is 0. The quantitative estimate of drug-likeness (QED) is 0.403. The van der Waals surface area contributed by atoms with Gasteiger partial charge in [-0.2, -0.15) is 4.99 Å². The number of hydrogen-bond donors (Lipinski definition) is 0. The van der Waals surface area contributed by atoms with Gasteiger partial charge in [-0.25, -0.2) is 0 Å². The predicted molar refractivity (Wildman–Crippen MR) is 29.5 cm³/mol. The van der Waals surface area contributed by atoms with Gasteiger partial charge in [-0.1, -0.05) is 4.90 Å². The van der Waals surface area contributed by atoms with Crippen molar-refractivity contribution in [3.05, 3.63) is 12.4 Å². The second-order valence-electron chi connectivity index (χ2n) is 1.79. The summed E-state index contributed by atoms with van der Waals surface area (Å²) in [6.07, 6.45) is 3.71. The minimum Gasteiger partial charge on any atom is -0.314 e. The van der Waals surface area contributed by atoms with Gasteiger partial charge in [0.25, 0.3) is 5.84 Å². The molecule has 0 bridgehead atoms. The maximum Gasteiger partial charge on any atom is 0.285 e. The second kappa shape index (κ2) is 1.40. The summed E-state index contributed by atoms with van der Waals surface area (Å²) in [6, 6.07) is 0. The molecular formula is C5H6N2O+. The van der Waals surface area contributed by atoms with Crippen LogP contribution in [-0.2, 0) is 4.74 Å². The maximum absolute atomic E-state index is 5.06. The largest absolute Gasteiger partial charge is 0.314 e. The van der Waals surface area contributed by atoms with Crippen LogP contribution in [0.25, 0.3) is 0 Å². The monoisotopic (exact) mass is 110 g/mol. The average Bonchev–Trinajstić information content (AvgIpc) is 2.15. The van der Waals surface area contributed by atoms with Crippen LogP contribution < -0.4 is 4.90 Å². The topological polar surface area (TPSA) is 27.5 Å². The van der Waals surface area contributed by atoms with Crippen molar-refractivity contribution >= 4 is 5.84 Å². The number of fused-ring (bicyclic) bond motifs is 1. The fraction of sp³-hybridized carbons (Fsp3) is 0.400. The fourth-order valence-electron chi connectivity index (χ4n) is 0.833. The van der Waals surface area contributed by atoms with Gasteiger partial charge in [-0.15, -0.1) is 0 Å². The van der Waals surface area contributed by atoms with E-state index in [1.165, 1.54) is 0 Å². The molecule has 1 saturated heterocycles. The van der Waals surface area contributed by atoms with Gasteiger partial charge >= 0.3 is 0 Å². The van der Waals surface area contributed by atoms with Gasteiger partial charge < -0.3 is 4.74 Å². The molecule has 2 aliphatic rings. The standard InChI is InChI=1S/C5H6N2O/c1-2-7-4-8-3-5(7)6-1/h1-2H,3-4H2/q+1. The molecule has 2 aliphatic heterocycles. The predicted octanol–water partition coefficient (Wildman–Crippen LogP) is -0.00250. The van der Waals surface area contributed by atoms with Crippen molar-refractivity contribution in [3.8, 4) is 0 Å². The maximum atomic E-state index is 5.06. The van der Waals surface area contributed by atoms with Crippen molar-refractivity contribution in [2.75, 3.05) is 13.3 Å². The van der Waals surface area contributed by atoms with Crippen molar-refractivity contribution < 1.29 is 4.74 Å². The third-order valence-corrected chi connectivity index (χ3v) is 1.26. The number of nitrogens with zero attached hydrogens (tertiary/aromatic N) is 2. The van der Waals surface area contributed by atoms with Crippen LogP contribution in [0.4, 0.5) is 0 Å². The highest BCUT2D eigenvalue weighted by Gasteiger charge is 2.31. The SMILES string of the molecule is C1=C[N+]2COCC2=N1. The van der Waals surface area contributed by atoms with Gasteiger partial charge in [0.1, 0.15) is 0 Å². The second-order valence-corrected chi connectivity index (χ2v) is 1.79. The van der Waals surface area contributed by atoms with E-state index in [1.807, 2.05) is 11.1 Å². The Labute approximate surface area is 47.3 Å². The molecule has 2 rings (SSSR count). The fourth-order valence-corrected chi connectivity index (χ4v) is 0.833.